The number of aromatic nitrogens is 1. The number of ether oxygens (including phenoxy) is 2. The molecule has 0 saturated heterocycles. The van der Waals surface area contributed by atoms with Gasteiger partial charge in [-0.15, -0.1) is 0 Å². The van der Waals surface area contributed by atoms with E-state index >= 15 is 0 Å². The number of rotatable bonds is 5. The summed E-state index contributed by atoms with van der Waals surface area (Å²) in [6.07, 6.45) is 6.13. The molecular weight excluding hydrogens is 304 g/mol. The summed E-state index contributed by atoms with van der Waals surface area (Å²) in [6.45, 7) is 2.17. The Kier molecular flexibility index (Phi) is 4.99. The largest absolute Gasteiger partial charge is 0.481 e. The van der Waals surface area contributed by atoms with Gasteiger partial charge in [0.25, 0.3) is 0 Å². The number of hydrogen-bond donors (Lipinski definition) is 1. The number of fused-ring (bicyclic) bond motifs is 1. The van der Waals surface area contributed by atoms with Crippen molar-refractivity contribution in [1.29, 1.82) is 0 Å². The molecule has 0 amide bonds. The molecule has 3 rings (SSSR count). The van der Waals surface area contributed by atoms with E-state index < -0.39 is 0 Å². The average Bonchev–Trinajstić information content (AvgIpc) is 2.62. The van der Waals surface area contributed by atoms with Crippen molar-refractivity contribution in [3.05, 3.63) is 47.2 Å². The number of esters is 1. The van der Waals surface area contributed by atoms with Gasteiger partial charge in [0, 0.05) is 11.3 Å². The predicted molar refractivity (Wildman–Crippen MR) is 93.1 cm³/mol. The summed E-state index contributed by atoms with van der Waals surface area (Å²) in [4.78, 5) is 16.3. The SMILES string of the molecule is CCOC(=O)c1cccc(Nc2cnc(OC)c3c2CCCC3)c1. The number of nitrogens with zero attached hydrogens (tertiary/aromatic N) is 1. The molecule has 24 heavy (non-hydrogen) atoms. The van der Waals surface area contributed by atoms with Crippen LogP contribution in [0.4, 0.5) is 11.4 Å². The van der Waals surface area contributed by atoms with Gasteiger partial charge in [-0.25, -0.2) is 9.78 Å². The highest BCUT2D eigenvalue weighted by molar-refractivity contribution is 5.90. The maximum atomic E-state index is 11.9. The number of pyridine rings is 1. The first-order valence-corrected chi connectivity index (χ1v) is 8.32. The number of hydrogen-bond acceptors (Lipinski definition) is 5. The smallest absolute Gasteiger partial charge is 0.338 e. The number of carbonyl (C=O) groups is 1. The van der Waals surface area contributed by atoms with Gasteiger partial charge in [-0.2, -0.15) is 0 Å². The number of anilines is 2. The van der Waals surface area contributed by atoms with Gasteiger partial charge >= 0.3 is 5.97 Å². The zero-order valence-corrected chi connectivity index (χ0v) is 14.1. The van der Waals surface area contributed by atoms with E-state index in [4.69, 9.17) is 9.47 Å². The highest BCUT2D eigenvalue weighted by atomic mass is 16.5. The summed E-state index contributed by atoms with van der Waals surface area (Å²) < 4.78 is 10.5. The van der Waals surface area contributed by atoms with Crippen LogP contribution < -0.4 is 10.1 Å². The molecule has 1 aromatic carbocycles. The Morgan fingerprint density at radius 3 is 2.79 bits per heavy atom. The fraction of sp³-hybridized carbons (Fsp3) is 0.368. The molecule has 126 valence electrons. The minimum Gasteiger partial charge on any atom is -0.481 e. The summed E-state index contributed by atoms with van der Waals surface area (Å²) in [5.41, 5.74) is 4.81. The Labute approximate surface area is 142 Å². The van der Waals surface area contributed by atoms with Crippen molar-refractivity contribution < 1.29 is 14.3 Å². The van der Waals surface area contributed by atoms with E-state index in [2.05, 4.69) is 10.3 Å². The third-order valence-corrected chi connectivity index (χ3v) is 4.21. The molecule has 0 radical (unpaired) electrons. The van der Waals surface area contributed by atoms with Crippen molar-refractivity contribution >= 4 is 17.3 Å². The standard InChI is InChI=1S/C19H22N2O3/c1-3-24-19(22)13-7-6-8-14(11-13)21-17-12-20-18(23-2)16-10-5-4-9-15(16)17/h6-8,11-12,21H,3-5,9-10H2,1-2H3. The lowest BCUT2D eigenvalue weighted by Gasteiger charge is -2.21. The summed E-state index contributed by atoms with van der Waals surface area (Å²) in [5, 5.41) is 3.39. The summed E-state index contributed by atoms with van der Waals surface area (Å²) in [5.74, 6) is 0.409. The summed E-state index contributed by atoms with van der Waals surface area (Å²) in [7, 11) is 1.66. The van der Waals surface area contributed by atoms with Gasteiger partial charge in [0.15, 0.2) is 0 Å². The molecule has 2 aromatic rings. The Hall–Kier alpha value is -2.56. The topological polar surface area (TPSA) is 60.5 Å². The predicted octanol–water partition coefficient (Wildman–Crippen LogP) is 3.89. The van der Waals surface area contributed by atoms with E-state index in [1.165, 1.54) is 11.1 Å². The summed E-state index contributed by atoms with van der Waals surface area (Å²) in [6, 6.07) is 7.34. The van der Waals surface area contributed by atoms with Crippen LogP contribution in [-0.2, 0) is 17.6 Å². The van der Waals surface area contributed by atoms with E-state index in [1.807, 2.05) is 12.1 Å². The van der Waals surface area contributed by atoms with Gasteiger partial charge in [0.1, 0.15) is 0 Å². The van der Waals surface area contributed by atoms with Crippen LogP contribution in [0.2, 0.25) is 0 Å². The normalized spacial score (nSPS) is 13.1. The van der Waals surface area contributed by atoms with Crippen molar-refractivity contribution in [2.45, 2.75) is 32.6 Å². The van der Waals surface area contributed by atoms with Crippen LogP contribution in [-0.4, -0.2) is 24.7 Å². The average molecular weight is 326 g/mol. The van der Waals surface area contributed by atoms with Crippen LogP contribution in [0.25, 0.3) is 0 Å². The molecule has 0 fully saturated rings. The molecule has 1 aromatic heterocycles. The fourth-order valence-corrected chi connectivity index (χ4v) is 3.10. The molecular formula is C19H22N2O3. The minimum absolute atomic E-state index is 0.309. The fourth-order valence-electron chi connectivity index (χ4n) is 3.10. The zero-order chi connectivity index (χ0) is 16.9. The van der Waals surface area contributed by atoms with Gasteiger partial charge in [0.2, 0.25) is 5.88 Å². The highest BCUT2D eigenvalue weighted by Gasteiger charge is 2.19. The summed E-state index contributed by atoms with van der Waals surface area (Å²) >= 11 is 0. The van der Waals surface area contributed by atoms with E-state index in [-0.39, 0.29) is 5.97 Å². The third kappa shape index (κ3) is 3.35. The maximum absolute atomic E-state index is 11.9. The van der Waals surface area contributed by atoms with E-state index in [0.717, 1.165) is 42.9 Å². The minimum atomic E-state index is -0.309. The first kappa shape index (κ1) is 16.3. The van der Waals surface area contributed by atoms with E-state index in [9.17, 15) is 4.79 Å². The number of benzene rings is 1. The second-order valence-corrected chi connectivity index (χ2v) is 5.77. The van der Waals surface area contributed by atoms with Gasteiger partial charge in [0.05, 0.1) is 31.2 Å². The van der Waals surface area contributed by atoms with Crippen molar-refractivity contribution in [3.8, 4) is 5.88 Å². The molecule has 5 nitrogen and oxygen atoms in total. The Balaban J connectivity index is 1.89. The molecule has 0 spiro atoms. The molecule has 0 bridgehead atoms. The Morgan fingerprint density at radius 2 is 2.04 bits per heavy atom. The number of carbonyl (C=O) groups excluding carboxylic acids is 1. The molecule has 1 heterocycles. The van der Waals surface area contributed by atoms with Crippen LogP contribution in [0, 0.1) is 0 Å². The lowest BCUT2D eigenvalue weighted by Crippen LogP contribution is -2.10. The second kappa shape index (κ2) is 7.34. The maximum Gasteiger partial charge on any atom is 0.338 e. The van der Waals surface area contributed by atoms with Gasteiger partial charge < -0.3 is 14.8 Å². The Bertz CT molecular complexity index is 743. The van der Waals surface area contributed by atoms with E-state index in [0.29, 0.717) is 12.2 Å². The molecule has 1 aliphatic rings. The Morgan fingerprint density at radius 1 is 1.25 bits per heavy atom. The van der Waals surface area contributed by atoms with Crippen molar-refractivity contribution in [2.75, 3.05) is 19.0 Å². The monoisotopic (exact) mass is 326 g/mol. The quantitative estimate of drug-likeness (QED) is 0.845. The number of nitrogens with one attached hydrogen (secondary N) is 1. The van der Waals surface area contributed by atoms with Gasteiger partial charge in [-0.05, 0) is 56.4 Å². The van der Waals surface area contributed by atoms with Crippen molar-refractivity contribution in [3.63, 3.8) is 0 Å². The number of methoxy groups -OCH3 is 1. The van der Waals surface area contributed by atoms with E-state index in [1.54, 1.807) is 32.4 Å². The third-order valence-electron chi connectivity index (χ3n) is 4.21. The molecule has 1 N–H and O–H groups in total. The molecule has 0 atom stereocenters. The van der Waals surface area contributed by atoms with Crippen LogP contribution in [0.5, 0.6) is 5.88 Å². The van der Waals surface area contributed by atoms with Crippen LogP contribution >= 0.6 is 0 Å². The van der Waals surface area contributed by atoms with Crippen LogP contribution in [0.3, 0.4) is 0 Å². The molecule has 1 aliphatic carbocycles. The molecule has 5 heteroatoms. The van der Waals surface area contributed by atoms with Crippen molar-refractivity contribution in [2.24, 2.45) is 0 Å². The van der Waals surface area contributed by atoms with Gasteiger partial charge in [-0.3, -0.25) is 0 Å². The van der Waals surface area contributed by atoms with Crippen LogP contribution in [0.15, 0.2) is 30.5 Å². The molecule has 0 aliphatic heterocycles. The lowest BCUT2D eigenvalue weighted by atomic mass is 9.91. The second-order valence-electron chi connectivity index (χ2n) is 5.77. The van der Waals surface area contributed by atoms with Crippen molar-refractivity contribution in [1.82, 2.24) is 4.98 Å². The molecule has 0 saturated carbocycles. The first-order chi connectivity index (χ1) is 11.7. The molecule has 0 unspecified atom stereocenters. The zero-order valence-electron chi connectivity index (χ0n) is 14.1. The van der Waals surface area contributed by atoms with Gasteiger partial charge in [-0.1, -0.05) is 6.07 Å². The first-order valence-electron chi connectivity index (χ1n) is 8.32. The lowest BCUT2D eigenvalue weighted by molar-refractivity contribution is 0.0526. The highest BCUT2D eigenvalue weighted by Crippen LogP contribution is 2.34. The van der Waals surface area contributed by atoms with Crippen LogP contribution in [0.1, 0.15) is 41.3 Å².